The molecule has 3 heterocycles. The summed E-state index contributed by atoms with van der Waals surface area (Å²) in [6.45, 7) is 7.64. The van der Waals surface area contributed by atoms with Gasteiger partial charge in [0.15, 0.2) is 5.82 Å². The number of aromatic nitrogens is 4. The topological polar surface area (TPSA) is 94.7 Å². The Labute approximate surface area is 261 Å². The molecule has 2 unspecified atom stereocenters. The minimum Gasteiger partial charge on any atom is -0.470 e. The zero-order valence-corrected chi connectivity index (χ0v) is 26.3. The van der Waals surface area contributed by atoms with Crippen LogP contribution in [0, 0.1) is 0 Å². The Morgan fingerprint density at radius 3 is 2.66 bits per heavy atom. The van der Waals surface area contributed by atoms with Crippen LogP contribution in [0.2, 0.25) is 0 Å². The summed E-state index contributed by atoms with van der Waals surface area (Å²) in [4.78, 5) is 19.7. The number of fused-ring (bicyclic) bond motifs is 3. The number of nitrogens with zero attached hydrogens (tertiary/aromatic N) is 6. The van der Waals surface area contributed by atoms with Crippen LogP contribution in [0.3, 0.4) is 0 Å². The first-order chi connectivity index (χ1) is 20.8. The van der Waals surface area contributed by atoms with E-state index >= 15 is 0 Å². The predicted octanol–water partition coefficient (Wildman–Crippen LogP) is 7.36. The number of rotatable bonds is 7. The molecule has 0 radical (unpaired) electrons. The summed E-state index contributed by atoms with van der Waals surface area (Å²) in [5.41, 5.74) is 2.11. The summed E-state index contributed by atoms with van der Waals surface area (Å²) in [5.74, 6) is -1.52. The van der Waals surface area contributed by atoms with Crippen LogP contribution in [-0.2, 0) is 28.7 Å². The summed E-state index contributed by atoms with van der Waals surface area (Å²) in [6.07, 6.45) is 1.26. The molecule has 1 aliphatic heterocycles. The molecule has 13 heteroatoms. The van der Waals surface area contributed by atoms with Gasteiger partial charge in [0, 0.05) is 16.6 Å². The van der Waals surface area contributed by atoms with Crippen LogP contribution in [0.5, 0.6) is 0 Å². The number of hydrogen-bond acceptors (Lipinski definition) is 7. The van der Waals surface area contributed by atoms with E-state index in [2.05, 4.69) is 31.2 Å². The lowest BCUT2D eigenvalue weighted by molar-refractivity contribution is -0.147. The summed E-state index contributed by atoms with van der Waals surface area (Å²) in [7, 11) is 0. The fourth-order valence-electron chi connectivity index (χ4n) is 4.96. The smallest absolute Gasteiger partial charge is 0.453 e. The Balaban J connectivity index is 1.37. The van der Waals surface area contributed by atoms with Crippen LogP contribution in [0.1, 0.15) is 74.7 Å². The van der Waals surface area contributed by atoms with Crippen LogP contribution in [-0.4, -0.2) is 48.9 Å². The normalized spacial score (nSPS) is 16.8. The molecular weight excluding hydrogens is 641 g/mol. The molecule has 0 bridgehead atoms. The summed E-state index contributed by atoms with van der Waals surface area (Å²) in [5, 5.41) is 11.3. The molecule has 0 spiro atoms. The number of pyridine rings is 1. The van der Waals surface area contributed by atoms with Gasteiger partial charge in [-0.1, -0.05) is 52.4 Å². The third-order valence-electron chi connectivity index (χ3n) is 7.07. The highest BCUT2D eigenvalue weighted by Gasteiger charge is 2.43. The lowest BCUT2D eigenvalue weighted by Crippen LogP contribution is -2.40. The molecule has 0 saturated carbocycles. The van der Waals surface area contributed by atoms with E-state index in [9.17, 15) is 18.0 Å². The molecule has 0 fully saturated rings. The lowest BCUT2D eigenvalue weighted by atomic mass is 9.90. The van der Waals surface area contributed by atoms with Gasteiger partial charge in [0.2, 0.25) is 5.90 Å². The van der Waals surface area contributed by atoms with Crippen LogP contribution in [0.15, 0.2) is 75.8 Å². The zero-order valence-electron chi connectivity index (χ0n) is 24.7. The molecule has 2 aromatic heterocycles. The second-order valence-corrected chi connectivity index (χ2v) is 12.4. The minimum atomic E-state index is -4.73. The second-order valence-electron chi connectivity index (χ2n) is 11.5. The van der Waals surface area contributed by atoms with E-state index < -0.39 is 35.7 Å². The van der Waals surface area contributed by atoms with Gasteiger partial charge in [-0.05, 0) is 70.4 Å². The van der Waals surface area contributed by atoms with Gasteiger partial charge in [-0.25, -0.2) is 4.79 Å². The van der Waals surface area contributed by atoms with Crippen molar-refractivity contribution in [2.75, 3.05) is 6.54 Å². The number of alkyl halides is 3. The largest absolute Gasteiger partial charge is 0.470 e. The Hall–Kier alpha value is -4.00. The molecule has 232 valence electrons. The van der Waals surface area contributed by atoms with E-state index in [0.29, 0.717) is 41.0 Å². The molecule has 1 amide bonds. The van der Waals surface area contributed by atoms with Crippen LogP contribution >= 0.6 is 15.9 Å². The molecule has 5 rings (SSSR count). The first-order valence-electron chi connectivity index (χ1n) is 14.1. The van der Waals surface area contributed by atoms with Crippen molar-refractivity contribution in [1.29, 1.82) is 0 Å². The third kappa shape index (κ3) is 7.20. The standard InChI is InChI=1S/C31H32BrF3N6O3/c1-19(40(29(42)44-30(2,3)4)16-15-20-9-7-10-21(32)17-20)25-14-8-11-22(36-25)18-43-27-24-13-6-5-12-23(24)26-37-38-28(31(33,34)35)41(26)39-27/h5-11,13-14,17,19,23H,12,15-16,18H2,1-4H3. The summed E-state index contributed by atoms with van der Waals surface area (Å²) in [6, 6.07) is 12.8. The quantitative estimate of drug-likeness (QED) is 0.260. The molecule has 1 aromatic carbocycles. The Kier molecular flexibility index (Phi) is 8.96. The molecule has 9 nitrogen and oxygen atoms in total. The third-order valence-corrected chi connectivity index (χ3v) is 7.56. The van der Waals surface area contributed by atoms with Gasteiger partial charge in [-0.15, -0.1) is 15.3 Å². The van der Waals surface area contributed by atoms with E-state index in [0.717, 1.165) is 10.0 Å². The Bertz CT molecular complexity index is 1630. The van der Waals surface area contributed by atoms with Crippen LogP contribution < -0.4 is 0 Å². The zero-order chi connectivity index (χ0) is 31.6. The van der Waals surface area contributed by atoms with Gasteiger partial charge in [0.25, 0.3) is 5.82 Å². The number of allylic oxidation sites excluding steroid dienone is 3. The van der Waals surface area contributed by atoms with Gasteiger partial charge in [-0.2, -0.15) is 17.8 Å². The number of ether oxygens (including phenoxy) is 2. The Morgan fingerprint density at radius 2 is 1.93 bits per heavy atom. The van der Waals surface area contributed by atoms with Gasteiger partial charge in [-0.3, -0.25) is 9.88 Å². The number of amides is 1. The first kappa shape index (κ1) is 31.4. The van der Waals surface area contributed by atoms with Gasteiger partial charge in [0.05, 0.1) is 23.3 Å². The van der Waals surface area contributed by atoms with Gasteiger partial charge >= 0.3 is 12.3 Å². The van der Waals surface area contributed by atoms with Crippen molar-refractivity contribution in [2.45, 2.75) is 70.9 Å². The Morgan fingerprint density at radius 1 is 1.16 bits per heavy atom. The number of carbonyl (C=O) groups excluding carboxylic acids is 1. The van der Waals surface area contributed by atoms with Crippen molar-refractivity contribution in [2.24, 2.45) is 5.10 Å². The van der Waals surface area contributed by atoms with Crippen molar-refractivity contribution in [3.63, 3.8) is 0 Å². The van der Waals surface area contributed by atoms with E-state index in [-0.39, 0.29) is 18.3 Å². The minimum absolute atomic E-state index is 0.0433. The van der Waals surface area contributed by atoms with Crippen LogP contribution in [0.4, 0.5) is 18.0 Å². The van der Waals surface area contributed by atoms with Crippen LogP contribution in [0.25, 0.3) is 0 Å². The maximum absolute atomic E-state index is 13.6. The molecule has 1 aliphatic carbocycles. The van der Waals surface area contributed by atoms with Crippen molar-refractivity contribution >= 4 is 27.9 Å². The maximum Gasteiger partial charge on any atom is 0.453 e. The molecular formula is C31H32BrF3N6O3. The first-order valence-corrected chi connectivity index (χ1v) is 14.9. The van der Waals surface area contributed by atoms with E-state index in [1.807, 2.05) is 64.1 Å². The van der Waals surface area contributed by atoms with Crippen molar-refractivity contribution in [3.05, 3.63) is 99.3 Å². The summed E-state index contributed by atoms with van der Waals surface area (Å²) < 4.78 is 54.2. The van der Waals surface area contributed by atoms with Crippen molar-refractivity contribution < 1.29 is 27.4 Å². The average Bonchev–Trinajstić information content (AvgIpc) is 3.40. The highest BCUT2D eigenvalue weighted by atomic mass is 79.9. The number of hydrogen-bond donors (Lipinski definition) is 0. The van der Waals surface area contributed by atoms with E-state index in [1.54, 1.807) is 29.2 Å². The highest BCUT2D eigenvalue weighted by molar-refractivity contribution is 9.10. The second kappa shape index (κ2) is 12.5. The predicted molar refractivity (Wildman–Crippen MR) is 161 cm³/mol. The number of carbonyl (C=O) groups is 1. The van der Waals surface area contributed by atoms with Crippen molar-refractivity contribution in [3.8, 4) is 0 Å². The molecule has 2 atom stereocenters. The van der Waals surface area contributed by atoms with E-state index in [1.165, 1.54) is 0 Å². The SMILES string of the molecule is CC(c1cccc(COC2=Nn3c(nnc3C(F)(F)F)C3CC=CC=C23)n1)N(CCc1cccc(Br)c1)C(=O)OC(C)(C)C. The summed E-state index contributed by atoms with van der Waals surface area (Å²) >= 11 is 3.49. The molecule has 0 N–H and O–H groups in total. The number of benzene rings is 1. The molecule has 3 aromatic rings. The molecule has 2 aliphatic rings. The van der Waals surface area contributed by atoms with E-state index in [4.69, 9.17) is 14.5 Å². The van der Waals surface area contributed by atoms with Crippen molar-refractivity contribution in [1.82, 2.24) is 24.8 Å². The van der Waals surface area contributed by atoms with Gasteiger partial charge < -0.3 is 9.47 Å². The van der Waals surface area contributed by atoms with Gasteiger partial charge in [0.1, 0.15) is 12.2 Å². The average molecular weight is 674 g/mol. The molecule has 0 saturated heterocycles. The number of halogens is 4. The fraction of sp³-hybridized carbons (Fsp3) is 0.387. The maximum atomic E-state index is 13.6. The highest BCUT2D eigenvalue weighted by Crippen LogP contribution is 2.38. The molecule has 44 heavy (non-hydrogen) atoms. The lowest BCUT2D eigenvalue weighted by Gasteiger charge is -2.32. The fourth-order valence-corrected chi connectivity index (χ4v) is 5.40. The monoisotopic (exact) mass is 672 g/mol.